The molecule has 26 heavy (non-hydrogen) atoms. The smallest absolute Gasteiger partial charge is 0.115 e. The Labute approximate surface area is 154 Å². The van der Waals surface area contributed by atoms with Crippen molar-refractivity contribution in [3.63, 3.8) is 0 Å². The van der Waals surface area contributed by atoms with Crippen molar-refractivity contribution in [2.75, 3.05) is 11.5 Å². The lowest BCUT2D eigenvalue weighted by atomic mass is 10.1. The third-order valence-corrected chi connectivity index (χ3v) is 3.82. The van der Waals surface area contributed by atoms with E-state index in [-0.39, 0.29) is 0 Å². The van der Waals surface area contributed by atoms with Gasteiger partial charge in [0.1, 0.15) is 11.4 Å². The first-order chi connectivity index (χ1) is 12.5. The number of nitrogens with zero attached hydrogens (tertiary/aromatic N) is 1. The van der Waals surface area contributed by atoms with Gasteiger partial charge < -0.3 is 11.5 Å². The van der Waals surface area contributed by atoms with Crippen molar-refractivity contribution in [3.8, 4) is 23.7 Å². The van der Waals surface area contributed by atoms with Gasteiger partial charge in [0, 0.05) is 22.5 Å². The number of nitrogens with two attached hydrogens (primary N) is 2. The van der Waals surface area contributed by atoms with Crippen LogP contribution in [0.2, 0.25) is 0 Å². The molecule has 0 saturated carbocycles. The van der Waals surface area contributed by atoms with Crippen molar-refractivity contribution in [3.05, 3.63) is 88.2 Å². The molecule has 0 saturated heterocycles. The van der Waals surface area contributed by atoms with E-state index in [2.05, 4.69) is 28.7 Å². The van der Waals surface area contributed by atoms with Gasteiger partial charge in [-0.05, 0) is 73.2 Å². The van der Waals surface area contributed by atoms with Gasteiger partial charge in [0.25, 0.3) is 0 Å². The molecule has 1 aromatic heterocycles. The van der Waals surface area contributed by atoms with Gasteiger partial charge in [0.2, 0.25) is 0 Å². The fourth-order valence-corrected chi connectivity index (χ4v) is 2.39. The molecule has 3 heteroatoms. The third kappa shape index (κ3) is 4.23. The van der Waals surface area contributed by atoms with Gasteiger partial charge in [-0.25, -0.2) is 4.98 Å². The Bertz CT molecular complexity index is 1000. The molecule has 0 aliphatic carbocycles. The minimum Gasteiger partial charge on any atom is -0.398 e. The zero-order valence-electron chi connectivity index (χ0n) is 14.8. The number of hydrogen-bond acceptors (Lipinski definition) is 3. The Morgan fingerprint density at radius 3 is 1.58 bits per heavy atom. The van der Waals surface area contributed by atoms with E-state index in [1.165, 1.54) is 0 Å². The molecule has 0 radical (unpaired) electrons. The van der Waals surface area contributed by atoms with Gasteiger partial charge >= 0.3 is 0 Å². The number of hydrogen-bond donors (Lipinski definition) is 2. The number of benzene rings is 2. The zero-order chi connectivity index (χ0) is 18.5. The van der Waals surface area contributed by atoms with E-state index in [4.69, 9.17) is 11.5 Å². The summed E-state index contributed by atoms with van der Waals surface area (Å²) in [6.45, 7) is 4.02. The van der Waals surface area contributed by atoms with Crippen LogP contribution in [-0.2, 0) is 0 Å². The maximum atomic E-state index is 5.96. The predicted octanol–water partition coefficient (Wildman–Crippen LogP) is 3.66. The molecule has 3 aromatic rings. The molecule has 0 unspecified atom stereocenters. The van der Waals surface area contributed by atoms with Crippen LogP contribution in [0.25, 0.3) is 0 Å². The van der Waals surface area contributed by atoms with E-state index in [9.17, 15) is 0 Å². The molecule has 0 aliphatic heterocycles. The summed E-state index contributed by atoms with van der Waals surface area (Å²) in [7, 11) is 0. The molecule has 2 aromatic carbocycles. The monoisotopic (exact) mass is 337 g/mol. The standard InChI is InChI=1S/C23H19N3/c1-16-6-12-22(24)18(14-16)8-10-20-4-3-5-21(26-20)11-9-19-15-17(2)7-13-23(19)25/h3-7,12-15H,24-25H2,1-2H3. The summed E-state index contributed by atoms with van der Waals surface area (Å²) in [5.41, 5.74) is 18.4. The Morgan fingerprint density at radius 2 is 1.12 bits per heavy atom. The highest BCUT2D eigenvalue weighted by Crippen LogP contribution is 2.13. The quantitative estimate of drug-likeness (QED) is 0.486. The number of aromatic nitrogens is 1. The molecule has 0 spiro atoms. The molecule has 0 bridgehead atoms. The Kier molecular flexibility index (Phi) is 4.92. The van der Waals surface area contributed by atoms with Crippen molar-refractivity contribution >= 4 is 11.4 Å². The first-order valence-electron chi connectivity index (χ1n) is 8.24. The lowest BCUT2D eigenvalue weighted by Crippen LogP contribution is -1.92. The van der Waals surface area contributed by atoms with Gasteiger partial charge in [-0.3, -0.25) is 0 Å². The molecule has 3 rings (SSSR count). The van der Waals surface area contributed by atoms with E-state index in [1.807, 2.05) is 68.4 Å². The normalized spacial score (nSPS) is 9.62. The van der Waals surface area contributed by atoms with Crippen LogP contribution in [0.5, 0.6) is 0 Å². The van der Waals surface area contributed by atoms with Crippen LogP contribution >= 0.6 is 0 Å². The van der Waals surface area contributed by atoms with Crippen molar-refractivity contribution in [2.24, 2.45) is 0 Å². The van der Waals surface area contributed by atoms with Crippen molar-refractivity contribution in [2.45, 2.75) is 13.8 Å². The Hall–Kier alpha value is -3.69. The number of aryl methyl sites for hydroxylation is 2. The number of nitrogen functional groups attached to an aromatic ring is 2. The molecule has 0 amide bonds. The van der Waals surface area contributed by atoms with Crippen LogP contribution in [0.15, 0.2) is 54.6 Å². The van der Waals surface area contributed by atoms with Crippen LogP contribution in [0, 0.1) is 37.5 Å². The first-order valence-corrected chi connectivity index (χ1v) is 8.24. The summed E-state index contributed by atoms with van der Waals surface area (Å²) >= 11 is 0. The first kappa shape index (κ1) is 17.1. The largest absolute Gasteiger partial charge is 0.398 e. The van der Waals surface area contributed by atoms with Gasteiger partial charge in [-0.1, -0.05) is 30.0 Å². The Balaban J connectivity index is 1.89. The van der Waals surface area contributed by atoms with E-state index in [1.54, 1.807) is 0 Å². The fraction of sp³-hybridized carbons (Fsp3) is 0.0870. The molecule has 0 atom stereocenters. The second-order valence-corrected chi connectivity index (χ2v) is 6.09. The maximum Gasteiger partial charge on any atom is 0.115 e. The number of rotatable bonds is 0. The van der Waals surface area contributed by atoms with E-state index >= 15 is 0 Å². The molecule has 4 N–H and O–H groups in total. The fourth-order valence-electron chi connectivity index (χ4n) is 2.39. The highest BCUT2D eigenvalue weighted by atomic mass is 14.7. The van der Waals surface area contributed by atoms with Gasteiger partial charge in [0.15, 0.2) is 0 Å². The molecule has 1 heterocycles. The molecule has 3 nitrogen and oxygen atoms in total. The predicted molar refractivity (Wildman–Crippen MR) is 107 cm³/mol. The topological polar surface area (TPSA) is 64.9 Å². The number of pyridine rings is 1. The lowest BCUT2D eigenvalue weighted by molar-refractivity contribution is 1.25. The van der Waals surface area contributed by atoms with Crippen LogP contribution in [0.1, 0.15) is 33.6 Å². The van der Waals surface area contributed by atoms with Crippen molar-refractivity contribution < 1.29 is 0 Å². The minimum atomic E-state index is 0.648. The second-order valence-electron chi connectivity index (χ2n) is 6.09. The minimum absolute atomic E-state index is 0.648. The zero-order valence-corrected chi connectivity index (χ0v) is 14.8. The van der Waals surface area contributed by atoms with Gasteiger partial charge in [0.05, 0.1) is 0 Å². The lowest BCUT2D eigenvalue weighted by Gasteiger charge is -1.99. The molecule has 126 valence electrons. The summed E-state index contributed by atoms with van der Waals surface area (Å²) in [5.74, 6) is 12.3. The Morgan fingerprint density at radius 1 is 0.654 bits per heavy atom. The van der Waals surface area contributed by atoms with E-state index in [0.717, 1.165) is 22.3 Å². The average Bonchev–Trinajstić information content (AvgIpc) is 2.63. The summed E-state index contributed by atoms with van der Waals surface area (Å²) in [5, 5.41) is 0. The average molecular weight is 337 g/mol. The second kappa shape index (κ2) is 7.47. The van der Waals surface area contributed by atoms with Crippen molar-refractivity contribution in [1.82, 2.24) is 4.98 Å². The maximum absolute atomic E-state index is 5.96. The molecular weight excluding hydrogens is 318 g/mol. The summed E-state index contributed by atoms with van der Waals surface area (Å²) in [6.07, 6.45) is 0. The highest BCUT2D eigenvalue weighted by Gasteiger charge is 1.98. The third-order valence-electron chi connectivity index (χ3n) is 3.82. The molecule has 0 aliphatic rings. The van der Waals surface area contributed by atoms with Crippen LogP contribution in [-0.4, -0.2) is 4.98 Å². The van der Waals surface area contributed by atoms with Crippen LogP contribution in [0.3, 0.4) is 0 Å². The molecule has 0 fully saturated rings. The summed E-state index contributed by atoms with van der Waals surface area (Å²) in [4.78, 5) is 4.48. The van der Waals surface area contributed by atoms with Crippen LogP contribution in [0.4, 0.5) is 11.4 Å². The van der Waals surface area contributed by atoms with E-state index < -0.39 is 0 Å². The summed E-state index contributed by atoms with van der Waals surface area (Å²) in [6, 6.07) is 17.2. The van der Waals surface area contributed by atoms with Crippen LogP contribution < -0.4 is 11.5 Å². The molecular formula is C23H19N3. The number of anilines is 2. The van der Waals surface area contributed by atoms with Gasteiger partial charge in [-0.15, -0.1) is 0 Å². The van der Waals surface area contributed by atoms with Crippen molar-refractivity contribution in [1.29, 1.82) is 0 Å². The summed E-state index contributed by atoms with van der Waals surface area (Å²) < 4.78 is 0. The van der Waals surface area contributed by atoms with E-state index in [0.29, 0.717) is 22.8 Å². The highest BCUT2D eigenvalue weighted by molar-refractivity contribution is 5.59. The SMILES string of the molecule is Cc1ccc(N)c(C#Cc2cccc(C#Cc3cc(C)ccc3N)n2)c1. The van der Waals surface area contributed by atoms with Gasteiger partial charge in [-0.2, -0.15) is 0 Å².